The second kappa shape index (κ2) is 6.75. The molecule has 0 bridgehead atoms. The number of para-hydroxylation sites is 1. The quantitative estimate of drug-likeness (QED) is 0.770. The van der Waals surface area contributed by atoms with E-state index in [0.717, 1.165) is 16.8 Å². The number of benzene rings is 2. The molecule has 7 nitrogen and oxygen atoms in total. The smallest absolute Gasteiger partial charge is 0.251 e. The number of amides is 1. The molecule has 1 aliphatic rings. The van der Waals surface area contributed by atoms with Gasteiger partial charge in [-0.2, -0.15) is 0 Å². The van der Waals surface area contributed by atoms with Gasteiger partial charge < -0.3 is 14.8 Å². The summed E-state index contributed by atoms with van der Waals surface area (Å²) in [7, 11) is 0. The highest BCUT2D eigenvalue weighted by atomic mass is 16.7. The lowest BCUT2D eigenvalue weighted by Crippen LogP contribution is -2.26. The third kappa shape index (κ3) is 3.23. The van der Waals surface area contributed by atoms with Crippen LogP contribution in [0.2, 0.25) is 0 Å². The van der Waals surface area contributed by atoms with Crippen LogP contribution in [0.15, 0.2) is 42.6 Å². The third-order valence-electron chi connectivity index (χ3n) is 4.61. The van der Waals surface area contributed by atoms with Gasteiger partial charge in [0.25, 0.3) is 5.91 Å². The Bertz CT molecular complexity index is 992. The molecule has 27 heavy (non-hydrogen) atoms. The summed E-state index contributed by atoms with van der Waals surface area (Å²) in [6, 6.07) is 10.9. The van der Waals surface area contributed by atoms with Gasteiger partial charge in [-0.05, 0) is 50.1 Å². The number of carbonyl (C=O) groups excluding carboxylic acids is 1. The van der Waals surface area contributed by atoms with Crippen LogP contribution in [0.25, 0.3) is 5.69 Å². The van der Waals surface area contributed by atoms with E-state index in [1.165, 1.54) is 0 Å². The number of carbonyl (C=O) groups is 1. The third-order valence-corrected chi connectivity index (χ3v) is 4.61. The zero-order chi connectivity index (χ0) is 19.0. The van der Waals surface area contributed by atoms with Gasteiger partial charge in [0.1, 0.15) is 5.69 Å². The number of nitrogens with zero attached hydrogens (tertiary/aromatic N) is 3. The number of nitrogens with one attached hydrogen (secondary N) is 1. The van der Waals surface area contributed by atoms with Crippen molar-refractivity contribution in [2.24, 2.45) is 0 Å². The van der Waals surface area contributed by atoms with E-state index in [2.05, 4.69) is 15.6 Å². The molecule has 7 heteroatoms. The number of hydrogen-bond donors (Lipinski definition) is 1. The van der Waals surface area contributed by atoms with Crippen LogP contribution in [0, 0.1) is 13.8 Å². The van der Waals surface area contributed by atoms with Crippen LogP contribution < -0.4 is 14.8 Å². The average Bonchev–Trinajstić information content (AvgIpc) is 3.30. The summed E-state index contributed by atoms with van der Waals surface area (Å²) in [6.07, 6.45) is 1.85. The topological polar surface area (TPSA) is 78.3 Å². The predicted octanol–water partition coefficient (Wildman–Crippen LogP) is 3.10. The molecule has 1 N–H and O–H groups in total. The standard InChI is InChI=1S/C20H20N4O3/c1-12-5-4-6-13(2)19(12)24-10-16(22-23-24)14(3)21-20(25)15-7-8-17-18(9-15)27-11-26-17/h4-10,14H,11H2,1-3H3,(H,21,25). The van der Waals surface area contributed by atoms with Gasteiger partial charge in [0.15, 0.2) is 11.5 Å². The first-order valence-electron chi connectivity index (χ1n) is 8.72. The molecule has 0 saturated carbocycles. The molecule has 0 spiro atoms. The van der Waals surface area contributed by atoms with E-state index in [1.54, 1.807) is 22.9 Å². The van der Waals surface area contributed by atoms with E-state index in [1.807, 2.05) is 45.2 Å². The van der Waals surface area contributed by atoms with Crippen molar-refractivity contribution in [3.63, 3.8) is 0 Å². The van der Waals surface area contributed by atoms with Gasteiger partial charge in [-0.3, -0.25) is 4.79 Å². The molecule has 138 valence electrons. The molecule has 1 aliphatic heterocycles. The lowest BCUT2D eigenvalue weighted by Gasteiger charge is -2.11. The van der Waals surface area contributed by atoms with Gasteiger partial charge in [0.2, 0.25) is 6.79 Å². The maximum absolute atomic E-state index is 12.6. The summed E-state index contributed by atoms with van der Waals surface area (Å²) in [5.41, 5.74) is 4.43. The second-order valence-corrected chi connectivity index (χ2v) is 6.59. The van der Waals surface area contributed by atoms with Gasteiger partial charge in [-0.1, -0.05) is 23.4 Å². The normalized spacial score (nSPS) is 13.4. The molecule has 1 amide bonds. The van der Waals surface area contributed by atoms with Crippen LogP contribution in [-0.4, -0.2) is 27.7 Å². The fourth-order valence-corrected chi connectivity index (χ4v) is 3.14. The van der Waals surface area contributed by atoms with Crippen molar-refractivity contribution in [2.75, 3.05) is 6.79 Å². The van der Waals surface area contributed by atoms with E-state index in [9.17, 15) is 4.79 Å². The number of rotatable bonds is 4. The molecule has 3 aromatic rings. The molecule has 0 aliphatic carbocycles. The van der Waals surface area contributed by atoms with Gasteiger partial charge in [-0.15, -0.1) is 5.10 Å². The molecule has 0 saturated heterocycles. The van der Waals surface area contributed by atoms with Crippen LogP contribution in [0.3, 0.4) is 0 Å². The number of hydrogen-bond acceptors (Lipinski definition) is 5. The van der Waals surface area contributed by atoms with E-state index < -0.39 is 0 Å². The Kier molecular flexibility index (Phi) is 4.27. The van der Waals surface area contributed by atoms with E-state index in [-0.39, 0.29) is 18.7 Å². The minimum atomic E-state index is -0.291. The van der Waals surface area contributed by atoms with Crippen LogP contribution >= 0.6 is 0 Å². The largest absolute Gasteiger partial charge is 0.454 e. The van der Waals surface area contributed by atoms with Crippen LogP contribution in [0.4, 0.5) is 0 Å². The molecule has 2 heterocycles. The lowest BCUT2D eigenvalue weighted by molar-refractivity contribution is 0.0938. The first kappa shape index (κ1) is 17.1. The molecule has 1 atom stereocenters. The summed E-state index contributed by atoms with van der Waals surface area (Å²) < 4.78 is 12.4. The summed E-state index contributed by atoms with van der Waals surface area (Å²) in [5, 5.41) is 11.4. The fourth-order valence-electron chi connectivity index (χ4n) is 3.14. The number of fused-ring (bicyclic) bond motifs is 1. The first-order chi connectivity index (χ1) is 13.0. The van der Waals surface area contributed by atoms with Gasteiger partial charge in [0, 0.05) is 5.56 Å². The zero-order valence-electron chi connectivity index (χ0n) is 15.4. The monoisotopic (exact) mass is 364 g/mol. The van der Waals surface area contributed by atoms with Gasteiger partial charge in [-0.25, -0.2) is 4.68 Å². The maximum Gasteiger partial charge on any atom is 0.251 e. The van der Waals surface area contributed by atoms with Crippen molar-refractivity contribution in [2.45, 2.75) is 26.8 Å². The molecule has 4 rings (SSSR count). The van der Waals surface area contributed by atoms with Gasteiger partial charge >= 0.3 is 0 Å². The Labute approximate surface area is 156 Å². The Morgan fingerprint density at radius 3 is 2.67 bits per heavy atom. The summed E-state index contributed by atoms with van der Waals surface area (Å²) in [4.78, 5) is 12.6. The minimum Gasteiger partial charge on any atom is -0.454 e. The van der Waals surface area contributed by atoms with Crippen LogP contribution in [-0.2, 0) is 0 Å². The molecule has 0 fully saturated rings. The van der Waals surface area contributed by atoms with Crippen LogP contribution in [0.1, 0.15) is 40.1 Å². The maximum atomic E-state index is 12.6. The summed E-state index contributed by atoms with van der Waals surface area (Å²) in [6.45, 7) is 6.13. The highest BCUT2D eigenvalue weighted by Crippen LogP contribution is 2.32. The van der Waals surface area contributed by atoms with E-state index in [4.69, 9.17) is 9.47 Å². The highest BCUT2D eigenvalue weighted by Gasteiger charge is 2.19. The molecule has 1 unspecified atom stereocenters. The predicted molar refractivity (Wildman–Crippen MR) is 99.3 cm³/mol. The average molecular weight is 364 g/mol. The van der Waals surface area contributed by atoms with E-state index >= 15 is 0 Å². The highest BCUT2D eigenvalue weighted by molar-refractivity contribution is 5.95. The molecule has 1 aromatic heterocycles. The molecule has 2 aromatic carbocycles. The molecular weight excluding hydrogens is 344 g/mol. The Morgan fingerprint density at radius 2 is 1.89 bits per heavy atom. The number of aromatic nitrogens is 3. The zero-order valence-corrected chi connectivity index (χ0v) is 15.4. The number of aryl methyl sites for hydroxylation is 2. The van der Waals surface area contributed by atoms with Crippen molar-refractivity contribution in [1.29, 1.82) is 0 Å². The summed E-state index contributed by atoms with van der Waals surface area (Å²) in [5.74, 6) is 1.02. The van der Waals surface area contributed by atoms with Crippen molar-refractivity contribution < 1.29 is 14.3 Å². The molecular formula is C20H20N4O3. The Hall–Kier alpha value is -3.35. The van der Waals surface area contributed by atoms with Gasteiger partial charge in [0.05, 0.1) is 17.9 Å². The van der Waals surface area contributed by atoms with Crippen molar-refractivity contribution in [3.8, 4) is 17.2 Å². The lowest BCUT2D eigenvalue weighted by atomic mass is 10.1. The SMILES string of the molecule is Cc1cccc(C)c1-n1cc(C(C)NC(=O)c2ccc3c(c2)OCO3)nn1. The Balaban J connectivity index is 1.51. The van der Waals surface area contributed by atoms with E-state index in [0.29, 0.717) is 22.8 Å². The van der Waals surface area contributed by atoms with Crippen molar-refractivity contribution in [3.05, 3.63) is 65.0 Å². The second-order valence-electron chi connectivity index (χ2n) is 6.59. The Morgan fingerprint density at radius 1 is 1.15 bits per heavy atom. The fraction of sp³-hybridized carbons (Fsp3) is 0.250. The van der Waals surface area contributed by atoms with Crippen molar-refractivity contribution in [1.82, 2.24) is 20.3 Å². The molecule has 0 radical (unpaired) electrons. The minimum absolute atomic E-state index is 0.179. The number of ether oxygens (including phenoxy) is 2. The summed E-state index contributed by atoms with van der Waals surface area (Å²) >= 11 is 0. The first-order valence-corrected chi connectivity index (χ1v) is 8.72. The van der Waals surface area contributed by atoms with Crippen molar-refractivity contribution >= 4 is 5.91 Å². The van der Waals surface area contributed by atoms with Crippen LogP contribution in [0.5, 0.6) is 11.5 Å².